The Hall–Kier alpha value is -2.09. The molecule has 5 nitrogen and oxygen atoms in total. The van der Waals surface area contributed by atoms with Crippen LogP contribution < -0.4 is 5.32 Å². The summed E-state index contributed by atoms with van der Waals surface area (Å²) in [6, 6.07) is 9.95. The number of aryl methyl sites for hydroxylation is 1. The minimum atomic E-state index is -0.136. The fourth-order valence-electron chi connectivity index (χ4n) is 4.05. The molecule has 1 aromatic carbocycles. The molecular weight excluding hydrogens is 400 g/mol. The number of rotatable bonds is 5. The van der Waals surface area contributed by atoms with E-state index >= 15 is 0 Å². The van der Waals surface area contributed by atoms with E-state index in [1.54, 1.807) is 0 Å². The van der Waals surface area contributed by atoms with Gasteiger partial charge in [0.05, 0.1) is 11.4 Å². The minimum absolute atomic E-state index is 0.136. The number of piperidine rings is 1. The Morgan fingerprint density at radius 3 is 2.62 bits per heavy atom. The Labute approximate surface area is 179 Å². The number of hydrogen-bond donors (Lipinski definition) is 1. The molecule has 0 bridgehead atoms. The maximum Gasteiger partial charge on any atom is 0.269 e. The number of carbonyl (C=O) groups is 1. The molecule has 2 atom stereocenters. The van der Waals surface area contributed by atoms with Gasteiger partial charge in [-0.3, -0.25) is 15.0 Å². The predicted octanol–water partition coefficient (Wildman–Crippen LogP) is 5.31. The average molecular weight is 427 g/mol. The van der Waals surface area contributed by atoms with Crippen molar-refractivity contribution in [1.29, 1.82) is 0 Å². The molecule has 3 heterocycles. The molecule has 1 aliphatic rings. The number of carbonyl (C=O) groups excluding carboxylic acids is 1. The van der Waals surface area contributed by atoms with Crippen LogP contribution in [-0.4, -0.2) is 33.9 Å². The van der Waals surface area contributed by atoms with Gasteiger partial charge in [-0.15, -0.1) is 22.7 Å². The second-order valence-electron chi connectivity index (χ2n) is 8.04. The SMILES string of the molecule is Cc1nc(-c2ccccc2)sc1C(=O)Nc1nc(CN2C[C@H](C)C[C@H](C)C2)cs1. The van der Waals surface area contributed by atoms with Crippen molar-refractivity contribution in [2.45, 2.75) is 33.7 Å². The Kier molecular flexibility index (Phi) is 6.08. The highest BCUT2D eigenvalue weighted by molar-refractivity contribution is 7.17. The number of nitrogens with one attached hydrogen (secondary N) is 1. The van der Waals surface area contributed by atoms with Crippen LogP contribution in [0.25, 0.3) is 10.6 Å². The average Bonchev–Trinajstić information content (AvgIpc) is 3.28. The van der Waals surface area contributed by atoms with Gasteiger partial charge in [0.2, 0.25) is 0 Å². The third-order valence-corrected chi connectivity index (χ3v) is 7.14. The first-order valence-corrected chi connectivity index (χ1v) is 11.7. The lowest BCUT2D eigenvalue weighted by Gasteiger charge is -2.34. The summed E-state index contributed by atoms with van der Waals surface area (Å²) in [6.07, 6.45) is 1.30. The first-order valence-electron chi connectivity index (χ1n) is 9.99. The summed E-state index contributed by atoms with van der Waals surface area (Å²) in [5.41, 5.74) is 2.80. The highest BCUT2D eigenvalue weighted by Gasteiger charge is 2.23. The summed E-state index contributed by atoms with van der Waals surface area (Å²) in [4.78, 5) is 25.1. The highest BCUT2D eigenvalue weighted by Crippen LogP contribution is 2.29. The third kappa shape index (κ3) is 4.91. The molecule has 1 N–H and O–H groups in total. The Morgan fingerprint density at radius 1 is 1.17 bits per heavy atom. The molecule has 152 valence electrons. The number of aromatic nitrogens is 2. The van der Waals surface area contributed by atoms with E-state index in [1.807, 2.05) is 37.3 Å². The maximum absolute atomic E-state index is 12.8. The molecule has 2 aromatic heterocycles. The van der Waals surface area contributed by atoms with Crippen molar-refractivity contribution in [3.05, 3.63) is 52.0 Å². The van der Waals surface area contributed by atoms with Crippen LogP contribution in [0, 0.1) is 18.8 Å². The lowest BCUT2D eigenvalue weighted by atomic mass is 9.92. The number of likely N-dealkylation sites (tertiary alicyclic amines) is 1. The molecular formula is C22H26N4OS2. The fraction of sp³-hybridized carbons (Fsp3) is 0.409. The molecule has 1 aliphatic heterocycles. The van der Waals surface area contributed by atoms with E-state index in [2.05, 4.69) is 39.4 Å². The van der Waals surface area contributed by atoms with Crippen molar-refractivity contribution < 1.29 is 4.79 Å². The highest BCUT2D eigenvalue weighted by atomic mass is 32.1. The van der Waals surface area contributed by atoms with Gasteiger partial charge in [0.1, 0.15) is 9.88 Å². The van der Waals surface area contributed by atoms with E-state index in [4.69, 9.17) is 0 Å². The van der Waals surface area contributed by atoms with E-state index in [-0.39, 0.29) is 5.91 Å². The molecule has 7 heteroatoms. The second kappa shape index (κ2) is 8.73. The van der Waals surface area contributed by atoms with Gasteiger partial charge in [-0.25, -0.2) is 9.97 Å². The first kappa shape index (κ1) is 20.2. The van der Waals surface area contributed by atoms with Crippen molar-refractivity contribution in [1.82, 2.24) is 14.9 Å². The number of benzene rings is 1. The Balaban J connectivity index is 1.41. The molecule has 0 unspecified atom stereocenters. The Bertz CT molecular complexity index is 972. The lowest BCUT2D eigenvalue weighted by molar-refractivity contribution is 0.102. The van der Waals surface area contributed by atoms with Crippen molar-refractivity contribution in [3.63, 3.8) is 0 Å². The van der Waals surface area contributed by atoms with Crippen molar-refractivity contribution in [2.75, 3.05) is 18.4 Å². The lowest BCUT2D eigenvalue weighted by Crippen LogP contribution is -2.38. The molecule has 0 spiro atoms. The van der Waals surface area contributed by atoms with Crippen LogP contribution >= 0.6 is 22.7 Å². The summed E-state index contributed by atoms with van der Waals surface area (Å²) in [5.74, 6) is 1.32. The van der Waals surface area contributed by atoms with Crippen LogP contribution in [0.1, 0.15) is 41.3 Å². The van der Waals surface area contributed by atoms with Gasteiger partial charge in [-0.1, -0.05) is 44.2 Å². The van der Waals surface area contributed by atoms with Crippen LogP contribution in [0.2, 0.25) is 0 Å². The van der Waals surface area contributed by atoms with Gasteiger partial charge in [0, 0.05) is 30.6 Å². The summed E-state index contributed by atoms with van der Waals surface area (Å²) >= 11 is 2.91. The largest absolute Gasteiger partial charge is 0.297 e. The fourth-order valence-corrected chi connectivity index (χ4v) is 5.72. The van der Waals surface area contributed by atoms with Crippen LogP contribution in [0.5, 0.6) is 0 Å². The number of anilines is 1. The summed E-state index contributed by atoms with van der Waals surface area (Å²) < 4.78 is 0. The van der Waals surface area contributed by atoms with E-state index in [0.29, 0.717) is 10.0 Å². The maximum atomic E-state index is 12.8. The summed E-state index contributed by atoms with van der Waals surface area (Å²) in [6.45, 7) is 9.59. The molecule has 29 heavy (non-hydrogen) atoms. The molecule has 0 aliphatic carbocycles. The number of hydrogen-bond acceptors (Lipinski definition) is 6. The van der Waals surface area contributed by atoms with Crippen LogP contribution in [0.3, 0.4) is 0 Å². The van der Waals surface area contributed by atoms with E-state index in [9.17, 15) is 4.79 Å². The normalized spacial score (nSPS) is 20.0. The molecule has 3 aromatic rings. The van der Waals surface area contributed by atoms with Gasteiger partial charge in [-0.05, 0) is 25.2 Å². The van der Waals surface area contributed by atoms with Crippen molar-refractivity contribution in [2.24, 2.45) is 11.8 Å². The van der Waals surface area contributed by atoms with Gasteiger partial charge in [0.15, 0.2) is 5.13 Å². The van der Waals surface area contributed by atoms with Gasteiger partial charge >= 0.3 is 0 Å². The minimum Gasteiger partial charge on any atom is -0.297 e. The number of amides is 1. The quantitative estimate of drug-likeness (QED) is 0.601. The third-order valence-electron chi connectivity index (χ3n) is 5.13. The molecule has 4 rings (SSSR count). The van der Waals surface area contributed by atoms with E-state index < -0.39 is 0 Å². The predicted molar refractivity (Wildman–Crippen MR) is 121 cm³/mol. The van der Waals surface area contributed by atoms with Gasteiger partial charge in [-0.2, -0.15) is 0 Å². The van der Waals surface area contributed by atoms with Crippen molar-refractivity contribution in [3.8, 4) is 10.6 Å². The molecule has 1 saturated heterocycles. The Morgan fingerprint density at radius 2 is 1.90 bits per heavy atom. The number of thiazole rings is 2. The van der Waals surface area contributed by atoms with Gasteiger partial charge in [0.25, 0.3) is 5.91 Å². The van der Waals surface area contributed by atoms with E-state index in [0.717, 1.165) is 53.4 Å². The summed E-state index contributed by atoms with van der Waals surface area (Å²) in [5, 5.41) is 6.52. The van der Waals surface area contributed by atoms with Crippen LogP contribution in [0.15, 0.2) is 35.7 Å². The molecule has 0 saturated carbocycles. The summed E-state index contributed by atoms with van der Waals surface area (Å²) in [7, 11) is 0. The first-order chi connectivity index (χ1) is 14.0. The topological polar surface area (TPSA) is 58.1 Å². The van der Waals surface area contributed by atoms with E-state index in [1.165, 1.54) is 29.1 Å². The second-order valence-corrected chi connectivity index (χ2v) is 9.89. The van der Waals surface area contributed by atoms with Gasteiger partial charge < -0.3 is 0 Å². The zero-order valence-electron chi connectivity index (χ0n) is 17.0. The monoisotopic (exact) mass is 426 g/mol. The van der Waals surface area contributed by atoms with Crippen LogP contribution in [-0.2, 0) is 6.54 Å². The molecule has 1 amide bonds. The number of nitrogens with zero attached hydrogens (tertiary/aromatic N) is 3. The zero-order valence-corrected chi connectivity index (χ0v) is 18.6. The smallest absolute Gasteiger partial charge is 0.269 e. The standard InChI is InChI=1S/C22H26N4OS2/c1-14-9-15(2)11-26(10-14)12-18-13-28-22(24-18)25-20(27)19-16(3)23-21(29-19)17-7-5-4-6-8-17/h4-8,13-15H,9-12H2,1-3H3,(H,24,25,27)/t14-,15+. The molecule has 1 fully saturated rings. The molecule has 0 radical (unpaired) electrons. The van der Waals surface area contributed by atoms with Crippen LogP contribution in [0.4, 0.5) is 5.13 Å². The zero-order chi connectivity index (χ0) is 20.4. The van der Waals surface area contributed by atoms with Crippen molar-refractivity contribution >= 4 is 33.7 Å².